The van der Waals surface area contributed by atoms with Gasteiger partial charge in [0.15, 0.2) is 0 Å². The number of alkyl halides is 3. The van der Waals surface area contributed by atoms with Crippen molar-refractivity contribution in [2.45, 2.75) is 12.2 Å². The molecule has 1 saturated heterocycles. The molecule has 106 valence electrons. The van der Waals surface area contributed by atoms with E-state index < -0.39 is 23.7 Å². The second-order valence-electron chi connectivity index (χ2n) is 4.42. The Labute approximate surface area is 113 Å². The predicted molar refractivity (Wildman–Crippen MR) is 64.8 cm³/mol. The van der Waals surface area contributed by atoms with Crippen LogP contribution < -0.4 is 5.32 Å². The summed E-state index contributed by atoms with van der Waals surface area (Å²) in [5.74, 6) is -0.424. The van der Waals surface area contributed by atoms with Gasteiger partial charge in [-0.1, -0.05) is 0 Å². The van der Waals surface area contributed by atoms with E-state index >= 15 is 0 Å². The number of amides is 1. The summed E-state index contributed by atoms with van der Waals surface area (Å²) < 4.78 is 37.3. The highest BCUT2D eigenvalue weighted by atomic mass is 19.4. The van der Waals surface area contributed by atoms with Gasteiger partial charge in [0.25, 0.3) is 5.91 Å². The molecule has 20 heavy (non-hydrogen) atoms. The van der Waals surface area contributed by atoms with Crippen molar-refractivity contribution in [2.75, 3.05) is 19.6 Å². The zero-order valence-electron chi connectivity index (χ0n) is 10.4. The monoisotopic (exact) mass is 283 g/mol. The lowest BCUT2D eigenvalue weighted by Gasteiger charge is -2.32. The molecule has 1 aliphatic heterocycles. The van der Waals surface area contributed by atoms with Gasteiger partial charge in [0.2, 0.25) is 0 Å². The third-order valence-corrected chi connectivity index (χ3v) is 3.11. The highest BCUT2D eigenvalue weighted by Gasteiger charge is 2.31. The average Bonchev–Trinajstić information content (AvgIpc) is 2.45. The van der Waals surface area contributed by atoms with E-state index in [-0.39, 0.29) is 5.56 Å². The van der Waals surface area contributed by atoms with Gasteiger partial charge in [-0.3, -0.25) is 4.79 Å². The molecule has 1 amide bonds. The number of nitriles is 1. The smallest absolute Gasteiger partial charge is 0.320 e. The molecule has 1 atom stereocenters. The van der Waals surface area contributed by atoms with Crippen molar-refractivity contribution in [1.82, 2.24) is 10.2 Å². The molecule has 1 N–H and O–H groups in total. The highest BCUT2D eigenvalue weighted by Crippen LogP contribution is 2.29. The molecule has 0 bridgehead atoms. The minimum atomic E-state index is -4.42. The second-order valence-corrected chi connectivity index (χ2v) is 4.42. The molecule has 2 rings (SSSR count). The van der Waals surface area contributed by atoms with E-state index in [4.69, 9.17) is 5.26 Å². The molecule has 1 aromatic carbocycles. The van der Waals surface area contributed by atoms with Crippen LogP contribution in [0.5, 0.6) is 0 Å². The largest absolute Gasteiger partial charge is 0.416 e. The van der Waals surface area contributed by atoms with E-state index in [1.54, 1.807) is 0 Å². The van der Waals surface area contributed by atoms with E-state index in [1.807, 2.05) is 6.07 Å². The number of carbonyl (C=O) groups excluding carboxylic acids is 1. The summed E-state index contributed by atoms with van der Waals surface area (Å²) in [6.45, 7) is 1.28. The second kappa shape index (κ2) is 5.51. The topological polar surface area (TPSA) is 56.1 Å². The van der Waals surface area contributed by atoms with Gasteiger partial charge in [-0.2, -0.15) is 18.4 Å². The summed E-state index contributed by atoms with van der Waals surface area (Å²) in [6.07, 6.45) is -4.42. The van der Waals surface area contributed by atoms with Gasteiger partial charge in [0, 0.05) is 25.2 Å². The van der Waals surface area contributed by atoms with Crippen LogP contribution in [0.2, 0.25) is 0 Å². The van der Waals surface area contributed by atoms with Crippen molar-refractivity contribution in [2.24, 2.45) is 0 Å². The van der Waals surface area contributed by atoms with Gasteiger partial charge in [-0.15, -0.1) is 0 Å². The lowest BCUT2D eigenvalue weighted by Crippen LogP contribution is -2.53. The first kappa shape index (κ1) is 14.3. The summed E-state index contributed by atoms with van der Waals surface area (Å²) in [5, 5.41) is 12.0. The van der Waals surface area contributed by atoms with Crippen LogP contribution in [0.1, 0.15) is 15.9 Å². The number of rotatable bonds is 1. The number of piperazine rings is 1. The summed E-state index contributed by atoms with van der Waals surface area (Å²) in [5.41, 5.74) is -0.647. The lowest BCUT2D eigenvalue weighted by molar-refractivity contribution is -0.137. The Morgan fingerprint density at radius 3 is 2.55 bits per heavy atom. The number of carbonyl (C=O) groups is 1. The quantitative estimate of drug-likeness (QED) is 0.852. The van der Waals surface area contributed by atoms with Crippen LogP contribution >= 0.6 is 0 Å². The Balaban J connectivity index is 2.19. The van der Waals surface area contributed by atoms with Crippen molar-refractivity contribution in [3.8, 4) is 6.07 Å². The highest BCUT2D eigenvalue weighted by molar-refractivity contribution is 5.94. The minimum absolute atomic E-state index is 0.153. The molecule has 0 aromatic heterocycles. The van der Waals surface area contributed by atoms with E-state index in [2.05, 4.69) is 5.32 Å². The molecule has 1 unspecified atom stereocenters. The maximum Gasteiger partial charge on any atom is 0.416 e. The molecule has 0 radical (unpaired) electrons. The number of hydrogen-bond acceptors (Lipinski definition) is 3. The zero-order chi connectivity index (χ0) is 14.8. The van der Waals surface area contributed by atoms with E-state index in [0.717, 1.165) is 24.3 Å². The normalized spacial score (nSPS) is 19.5. The lowest BCUT2D eigenvalue weighted by atomic mass is 10.1. The maximum absolute atomic E-state index is 12.4. The Morgan fingerprint density at radius 1 is 1.35 bits per heavy atom. The summed E-state index contributed by atoms with van der Waals surface area (Å²) in [6, 6.07) is 5.43. The molecule has 1 fully saturated rings. The Bertz CT molecular complexity index is 533. The number of hydrogen-bond donors (Lipinski definition) is 1. The summed E-state index contributed by atoms with van der Waals surface area (Å²) in [4.78, 5) is 13.6. The fourth-order valence-corrected chi connectivity index (χ4v) is 2.03. The summed E-state index contributed by atoms with van der Waals surface area (Å²) >= 11 is 0. The summed E-state index contributed by atoms with van der Waals surface area (Å²) in [7, 11) is 0. The van der Waals surface area contributed by atoms with Crippen LogP contribution in [-0.2, 0) is 6.18 Å². The third kappa shape index (κ3) is 2.91. The van der Waals surface area contributed by atoms with Crippen LogP contribution in [0, 0.1) is 11.3 Å². The molecular formula is C13H12F3N3O. The Kier molecular flexibility index (Phi) is 3.95. The van der Waals surface area contributed by atoms with Crippen LogP contribution in [0.4, 0.5) is 13.2 Å². The van der Waals surface area contributed by atoms with Crippen molar-refractivity contribution in [3.63, 3.8) is 0 Å². The first-order chi connectivity index (χ1) is 9.43. The van der Waals surface area contributed by atoms with E-state index in [1.165, 1.54) is 4.90 Å². The van der Waals surface area contributed by atoms with Crippen LogP contribution in [0.3, 0.4) is 0 Å². The predicted octanol–water partition coefficient (Wildman–Crippen LogP) is 1.64. The maximum atomic E-state index is 12.4. The van der Waals surface area contributed by atoms with E-state index in [9.17, 15) is 18.0 Å². The molecule has 4 nitrogen and oxygen atoms in total. The van der Waals surface area contributed by atoms with Crippen LogP contribution in [0.15, 0.2) is 24.3 Å². The van der Waals surface area contributed by atoms with Crippen LogP contribution in [0.25, 0.3) is 0 Å². The van der Waals surface area contributed by atoms with Crippen LogP contribution in [-0.4, -0.2) is 36.5 Å². The van der Waals surface area contributed by atoms with Crippen molar-refractivity contribution in [3.05, 3.63) is 35.4 Å². The molecule has 0 saturated carbocycles. The molecule has 0 spiro atoms. The van der Waals surface area contributed by atoms with Gasteiger partial charge in [0.05, 0.1) is 11.6 Å². The fraction of sp³-hybridized carbons (Fsp3) is 0.385. The van der Waals surface area contributed by atoms with Gasteiger partial charge < -0.3 is 10.2 Å². The minimum Gasteiger partial charge on any atom is -0.320 e. The Hall–Kier alpha value is -2.07. The van der Waals surface area contributed by atoms with Crippen molar-refractivity contribution < 1.29 is 18.0 Å². The Morgan fingerprint density at radius 2 is 2.00 bits per heavy atom. The van der Waals surface area contributed by atoms with Crippen molar-refractivity contribution >= 4 is 5.91 Å². The van der Waals surface area contributed by atoms with E-state index in [0.29, 0.717) is 19.6 Å². The van der Waals surface area contributed by atoms with Gasteiger partial charge in [-0.25, -0.2) is 0 Å². The number of nitrogens with one attached hydrogen (secondary N) is 1. The molecule has 0 aliphatic carbocycles. The molecule has 1 aromatic rings. The SMILES string of the molecule is N#CC1CNCCN1C(=O)c1ccc(C(F)(F)F)cc1. The number of nitrogens with zero attached hydrogens (tertiary/aromatic N) is 2. The molecule has 1 heterocycles. The zero-order valence-corrected chi connectivity index (χ0v) is 10.4. The van der Waals surface area contributed by atoms with Gasteiger partial charge in [-0.05, 0) is 24.3 Å². The molecule has 1 aliphatic rings. The third-order valence-electron chi connectivity index (χ3n) is 3.11. The van der Waals surface area contributed by atoms with Crippen molar-refractivity contribution in [1.29, 1.82) is 5.26 Å². The van der Waals surface area contributed by atoms with Gasteiger partial charge in [0.1, 0.15) is 6.04 Å². The molecular weight excluding hydrogens is 271 g/mol. The number of benzene rings is 1. The number of halogens is 3. The average molecular weight is 283 g/mol. The van der Waals surface area contributed by atoms with Gasteiger partial charge >= 0.3 is 6.18 Å². The first-order valence-corrected chi connectivity index (χ1v) is 6.02. The first-order valence-electron chi connectivity index (χ1n) is 6.02. The molecule has 7 heteroatoms. The fourth-order valence-electron chi connectivity index (χ4n) is 2.03. The standard InChI is InChI=1S/C13H12F3N3O/c14-13(15,16)10-3-1-9(2-4-10)12(20)19-6-5-18-8-11(19)7-17/h1-4,11,18H,5-6,8H2.